The summed E-state index contributed by atoms with van der Waals surface area (Å²) in [6.07, 6.45) is -4.66. The van der Waals surface area contributed by atoms with Gasteiger partial charge in [0.1, 0.15) is 5.75 Å². The van der Waals surface area contributed by atoms with Crippen LogP contribution in [0.4, 0.5) is 22.0 Å². The maximum atomic E-state index is 12.4. The van der Waals surface area contributed by atoms with Crippen molar-refractivity contribution < 1.29 is 26.7 Å². The molecule has 0 aliphatic heterocycles. The predicted octanol–water partition coefficient (Wildman–Crippen LogP) is 4.27. The summed E-state index contributed by atoms with van der Waals surface area (Å²) in [5.74, 6) is -0.574. The van der Waals surface area contributed by atoms with Gasteiger partial charge in [-0.15, -0.1) is 0 Å². The predicted molar refractivity (Wildman–Crippen MR) is 47.8 cm³/mol. The number of benzene rings is 1. The number of hydrogen-bond acceptors (Lipinski definition) is 1. The Morgan fingerprint density at radius 3 is 2.25 bits per heavy atom. The molecule has 0 heterocycles. The Hall–Kier alpha value is -1.04. The molecule has 0 N–H and O–H groups in total. The molecular weight excluding hydrogens is 255 g/mol. The van der Waals surface area contributed by atoms with Gasteiger partial charge in [0, 0.05) is 10.6 Å². The van der Waals surface area contributed by atoms with Crippen LogP contribution in [-0.2, 0) is 6.18 Å². The fourth-order valence-corrected chi connectivity index (χ4v) is 1.38. The summed E-state index contributed by atoms with van der Waals surface area (Å²) in [4.78, 5) is 0. The highest BCUT2D eigenvalue weighted by Gasteiger charge is 2.34. The summed E-state index contributed by atoms with van der Waals surface area (Å²) in [7, 11) is 0. The second kappa shape index (κ2) is 4.45. The Balaban J connectivity index is 3.26. The van der Waals surface area contributed by atoms with Crippen LogP contribution in [0.5, 0.6) is 5.75 Å². The maximum Gasteiger partial charge on any atom is 0.416 e. The Morgan fingerprint density at radius 2 is 1.81 bits per heavy atom. The van der Waals surface area contributed by atoms with E-state index in [1.807, 2.05) is 0 Å². The highest BCUT2D eigenvalue weighted by Crippen LogP contribution is 2.38. The number of halogens is 6. The molecule has 0 saturated heterocycles. The van der Waals surface area contributed by atoms with Crippen molar-refractivity contribution in [2.45, 2.75) is 19.7 Å². The van der Waals surface area contributed by atoms with Crippen LogP contribution in [0.15, 0.2) is 12.1 Å². The van der Waals surface area contributed by atoms with E-state index in [4.69, 9.17) is 11.6 Å². The zero-order valence-corrected chi connectivity index (χ0v) is 8.66. The van der Waals surface area contributed by atoms with Crippen LogP contribution in [-0.4, -0.2) is 6.61 Å². The van der Waals surface area contributed by atoms with Gasteiger partial charge in [-0.2, -0.15) is 22.0 Å². The van der Waals surface area contributed by atoms with Crippen LogP contribution in [0.2, 0.25) is 5.02 Å². The minimum Gasteiger partial charge on any atom is -0.434 e. The summed E-state index contributed by atoms with van der Waals surface area (Å²) in [5.41, 5.74) is -1.51. The van der Waals surface area contributed by atoms with E-state index in [-0.39, 0.29) is 5.02 Å². The van der Waals surface area contributed by atoms with E-state index in [1.54, 1.807) is 0 Å². The van der Waals surface area contributed by atoms with Crippen molar-refractivity contribution in [1.29, 1.82) is 0 Å². The Labute approximate surface area is 92.8 Å². The van der Waals surface area contributed by atoms with Gasteiger partial charge < -0.3 is 4.74 Å². The van der Waals surface area contributed by atoms with Crippen molar-refractivity contribution in [3.05, 3.63) is 28.3 Å². The smallest absolute Gasteiger partial charge is 0.416 e. The molecule has 0 saturated carbocycles. The van der Waals surface area contributed by atoms with E-state index in [0.29, 0.717) is 6.07 Å². The molecule has 0 bridgehead atoms. The molecule has 0 aliphatic rings. The quantitative estimate of drug-likeness (QED) is 0.722. The molecule has 0 aliphatic carbocycles. The molecule has 0 atom stereocenters. The first-order valence-electron chi connectivity index (χ1n) is 4.04. The van der Waals surface area contributed by atoms with Crippen molar-refractivity contribution in [2.24, 2.45) is 0 Å². The molecule has 1 rings (SSSR count). The minimum atomic E-state index is -4.66. The fourth-order valence-electron chi connectivity index (χ4n) is 1.17. The average Bonchev–Trinajstić information content (AvgIpc) is 2.07. The lowest BCUT2D eigenvalue weighted by molar-refractivity contribution is -0.138. The van der Waals surface area contributed by atoms with Gasteiger partial charge in [-0.25, -0.2) is 0 Å². The number of ether oxygens (including phenoxy) is 1. The van der Waals surface area contributed by atoms with Crippen LogP contribution in [0, 0.1) is 6.92 Å². The van der Waals surface area contributed by atoms with E-state index in [0.717, 1.165) is 13.0 Å². The van der Waals surface area contributed by atoms with Gasteiger partial charge in [-0.05, 0) is 19.1 Å². The SMILES string of the molecule is Cc1c(OC(F)F)cc(Cl)cc1C(F)(F)F. The normalized spacial score (nSPS) is 12.0. The molecule has 16 heavy (non-hydrogen) atoms. The zero-order chi connectivity index (χ0) is 12.5. The van der Waals surface area contributed by atoms with Crippen molar-refractivity contribution >= 4 is 11.6 Å². The van der Waals surface area contributed by atoms with Crippen molar-refractivity contribution in [3.63, 3.8) is 0 Å². The Kier molecular flexibility index (Phi) is 3.62. The summed E-state index contributed by atoms with van der Waals surface area (Å²) >= 11 is 5.39. The highest BCUT2D eigenvalue weighted by molar-refractivity contribution is 6.30. The number of alkyl halides is 5. The largest absolute Gasteiger partial charge is 0.434 e. The summed E-state index contributed by atoms with van der Waals surface area (Å²) < 4.78 is 65.1. The van der Waals surface area contributed by atoms with Gasteiger partial charge in [0.15, 0.2) is 0 Å². The molecule has 90 valence electrons. The lowest BCUT2D eigenvalue weighted by Gasteiger charge is -2.14. The molecule has 1 aromatic rings. The maximum absolute atomic E-state index is 12.4. The Morgan fingerprint density at radius 1 is 1.25 bits per heavy atom. The molecule has 0 unspecified atom stereocenters. The van der Waals surface area contributed by atoms with Gasteiger partial charge in [0.05, 0.1) is 5.56 Å². The van der Waals surface area contributed by atoms with Crippen molar-refractivity contribution in [3.8, 4) is 5.75 Å². The zero-order valence-electron chi connectivity index (χ0n) is 7.91. The van der Waals surface area contributed by atoms with E-state index in [2.05, 4.69) is 4.74 Å². The van der Waals surface area contributed by atoms with Gasteiger partial charge in [-0.3, -0.25) is 0 Å². The second-order valence-electron chi connectivity index (χ2n) is 2.95. The standard InChI is InChI=1S/C9H6ClF5O/c1-4-6(9(13,14)15)2-5(10)3-7(4)16-8(11)12/h2-3,8H,1H3. The highest BCUT2D eigenvalue weighted by atomic mass is 35.5. The van der Waals surface area contributed by atoms with Crippen LogP contribution in [0.25, 0.3) is 0 Å². The number of rotatable bonds is 2. The van der Waals surface area contributed by atoms with Crippen molar-refractivity contribution in [2.75, 3.05) is 0 Å². The molecule has 7 heteroatoms. The molecular formula is C9H6ClF5O. The molecule has 0 fully saturated rings. The van der Waals surface area contributed by atoms with Crippen LogP contribution in [0.3, 0.4) is 0 Å². The van der Waals surface area contributed by atoms with Crippen molar-refractivity contribution in [1.82, 2.24) is 0 Å². The van der Waals surface area contributed by atoms with Crippen LogP contribution < -0.4 is 4.74 Å². The van der Waals surface area contributed by atoms with E-state index >= 15 is 0 Å². The van der Waals surface area contributed by atoms with Gasteiger partial charge in [-0.1, -0.05) is 11.6 Å². The lowest BCUT2D eigenvalue weighted by atomic mass is 10.1. The number of hydrogen-bond donors (Lipinski definition) is 0. The van der Waals surface area contributed by atoms with Gasteiger partial charge in [0.25, 0.3) is 0 Å². The lowest BCUT2D eigenvalue weighted by Crippen LogP contribution is -2.10. The molecule has 0 radical (unpaired) electrons. The van der Waals surface area contributed by atoms with Crippen LogP contribution >= 0.6 is 11.6 Å². The molecule has 0 amide bonds. The van der Waals surface area contributed by atoms with Gasteiger partial charge in [0.2, 0.25) is 0 Å². The second-order valence-corrected chi connectivity index (χ2v) is 3.39. The topological polar surface area (TPSA) is 9.23 Å². The van der Waals surface area contributed by atoms with E-state index in [9.17, 15) is 22.0 Å². The first-order chi connectivity index (χ1) is 7.21. The first kappa shape index (κ1) is 13.0. The van der Waals surface area contributed by atoms with Gasteiger partial charge >= 0.3 is 12.8 Å². The average molecular weight is 261 g/mol. The van der Waals surface area contributed by atoms with Crippen LogP contribution in [0.1, 0.15) is 11.1 Å². The summed E-state index contributed by atoms with van der Waals surface area (Å²) in [6, 6.07) is 1.58. The monoisotopic (exact) mass is 260 g/mol. The molecule has 1 aromatic carbocycles. The first-order valence-corrected chi connectivity index (χ1v) is 4.41. The summed E-state index contributed by atoms with van der Waals surface area (Å²) in [6.45, 7) is -2.16. The molecule has 0 aromatic heterocycles. The minimum absolute atomic E-state index is 0.312. The third-order valence-electron chi connectivity index (χ3n) is 1.85. The third-order valence-corrected chi connectivity index (χ3v) is 2.06. The van der Waals surface area contributed by atoms with E-state index < -0.39 is 29.7 Å². The molecule has 0 spiro atoms. The van der Waals surface area contributed by atoms with E-state index in [1.165, 1.54) is 0 Å². The Bertz CT molecular complexity index is 388. The summed E-state index contributed by atoms with van der Waals surface area (Å²) in [5, 5.41) is -0.312. The third kappa shape index (κ3) is 2.98. The fraction of sp³-hybridized carbons (Fsp3) is 0.333. The molecule has 1 nitrogen and oxygen atoms in total.